The molecule has 1 aliphatic rings. The van der Waals surface area contributed by atoms with Gasteiger partial charge < -0.3 is 4.74 Å². The van der Waals surface area contributed by atoms with Gasteiger partial charge in [0.2, 0.25) is 0 Å². The molecule has 126 valence electrons. The number of carbonyl (C=O) groups is 1. The molecule has 0 bridgehead atoms. The van der Waals surface area contributed by atoms with E-state index in [4.69, 9.17) is 9.57 Å². The van der Waals surface area contributed by atoms with E-state index in [1.165, 1.54) is 17.7 Å². The summed E-state index contributed by atoms with van der Waals surface area (Å²) >= 11 is 0. The lowest BCUT2D eigenvalue weighted by Gasteiger charge is -2.33. The molecular formula is C20H23NO3. The molecule has 0 fully saturated rings. The van der Waals surface area contributed by atoms with Gasteiger partial charge in [-0.25, -0.2) is 5.06 Å². The highest BCUT2D eigenvalue weighted by molar-refractivity contribution is 5.84. The maximum atomic E-state index is 12.8. The smallest absolute Gasteiger partial charge is 0.253 e. The number of methoxy groups -OCH3 is 1. The van der Waals surface area contributed by atoms with Crippen LogP contribution in [0.4, 0.5) is 0 Å². The van der Waals surface area contributed by atoms with Crippen molar-refractivity contribution in [3.05, 3.63) is 65.2 Å². The number of amides is 1. The van der Waals surface area contributed by atoms with Gasteiger partial charge in [-0.1, -0.05) is 42.5 Å². The molecule has 2 aromatic carbocycles. The Morgan fingerprint density at radius 2 is 1.83 bits per heavy atom. The summed E-state index contributed by atoms with van der Waals surface area (Å²) < 4.78 is 5.56. The van der Waals surface area contributed by atoms with Gasteiger partial charge in [-0.05, 0) is 41.5 Å². The van der Waals surface area contributed by atoms with Crippen LogP contribution >= 0.6 is 0 Å². The first-order chi connectivity index (χ1) is 11.7. The normalized spacial score (nSPS) is 19.5. The van der Waals surface area contributed by atoms with Gasteiger partial charge in [0, 0.05) is 7.05 Å². The predicted molar refractivity (Wildman–Crippen MR) is 93.0 cm³/mol. The zero-order chi connectivity index (χ0) is 17.1. The Hall–Kier alpha value is -2.33. The number of likely N-dealkylation sites (N-methyl/N-ethyl adjacent to an activating group) is 1. The summed E-state index contributed by atoms with van der Waals surface area (Å²) in [6.07, 6.45) is 1.65. The Balaban J connectivity index is 2.04. The summed E-state index contributed by atoms with van der Waals surface area (Å²) in [4.78, 5) is 18.0. The van der Waals surface area contributed by atoms with Crippen molar-refractivity contribution >= 4 is 5.91 Å². The zero-order valence-electron chi connectivity index (χ0n) is 14.4. The maximum absolute atomic E-state index is 12.8. The number of fused-ring (bicyclic) bond motifs is 1. The summed E-state index contributed by atoms with van der Waals surface area (Å²) in [6.45, 7) is 0. The quantitative estimate of drug-likeness (QED) is 0.807. The lowest BCUT2D eigenvalue weighted by atomic mass is 9.73. The summed E-state index contributed by atoms with van der Waals surface area (Å²) in [5.74, 6) is 0.895. The molecule has 0 radical (unpaired) electrons. The van der Waals surface area contributed by atoms with Gasteiger partial charge in [-0.15, -0.1) is 0 Å². The van der Waals surface area contributed by atoms with E-state index in [9.17, 15) is 4.79 Å². The number of hydroxylamine groups is 2. The van der Waals surface area contributed by atoms with E-state index in [1.807, 2.05) is 36.4 Å². The van der Waals surface area contributed by atoms with E-state index in [1.54, 1.807) is 14.2 Å². The molecule has 3 rings (SSSR count). The highest BCUT2D eigenvalue weighted by Crippen LogP contribution is 2.43. The van der Waals surface area contributed by atoms with Gasteiger partial charge >= 0.3 is 0 Å². The van der Waals surface area contributed by atoms with Crippen LogP contribution in [0, 0.1) is 0 Å². The van der Waals surface area contributed by atoms with Gasteiger partial charge in [0.25, 0.3) is 5.91 Å². The van der Waals surface area contributed by atoms with E-state index < -0.39 is 0 Å². The number of nitrogens with zero attached hydrogens (tertiary/aromatic N) is 1. The van der Waals surface area contributed by atoms with Crippen LogP contribution in [0.25, 0.3) is 0 Å². The Labute approximate surface area is 143 Å². The van der Waals surface area contributed by atoms with Crippen molar-refractivity contribution in [1.82, 2.24) is 5.06 Å². The van der Waals surface area contributed by atoms with Crippen LogP contribution in [0.15, 0.2) is 48.5 Å². The fraction of sp³-hybridized carbons (Fsp3) is 0.350. The predicted octanol–water partition coefficient (Wildman–Crippen LogP) is 3.53. The number of hydrogen-bond acceptors (Lipinski definition) is 3. The highest BCUT2D eigenvalue weighted by Gasteiger charge is 2.35. The summed E-state index contributed by atoms with van der Waals surface area (Å²) in [5.41, 5.74) is 3.44. The Kier molecular flexibility index (Phi) is 4.86. The molecule has 0 spiro atoms. The first-order valence-electron chi connectivity index (χ1n) is 8.18. The summed E-state index contributed by atoms with van der Waals surface area (Å²) in [6, 6.07) is 16.3. The molecule has 0 heterocycles. The number of rotatable bonds is 4. The van der Waals surface area contributed by atoms with Gasteiger partial charge in [0.05, 0.1) is 20.1 Å². The molecule has 2 atom stereocenters. The maximum Gasteiger partial charge on any atom is 0.253 e. The number of ether oxygens (including phenoxy) is 1. The van der Waals surface area contributed by atoms with Crippen molar-refractivity contribution in [3.8, 4) is 5.75 Å². The second kappa shape index (κ2) is 7.05. The van der Waals surface area contributed by atoms with Crippen molar-refractivity contribution in [3.63, 3.8) is 0 Å². The van der Waals surface area contributed by atoms with Crippen molar-refractivity contribution in [2.24, 2.45) is 0 Å². The molecular weight excluding hydrogens is 302 g/mol. The monoisotopic (exact) mass is 325 g/mol. The van der Waals surface area contributed by atoms with Crippen LogP contribution in [0.1, 0.15) is 34.9 Å². The molecule has 4 heteroatoms. The van der Waals surface area contributed by atoms with Crippen molar-refractivity contribution in [1.29, 1.82) is 0 Å². The van der Waals surface area contributed by atoms with E-state index in [0.717, 1.165) is 29.7 Å². The minimum Gasteiger partial charge on any atom is -0.496 e. The van der Waals surface area contributed by atoms with E-state index in [-0.39, 0.29) is 17.7 Å². The van der Waals surface area contributed by atoms with Gasteiger partial charge in [0.15, 0.2) is 0 Å². The highest BCUT2D eigenvalue weighted by atomic mass is 16.7. The molecule has 0 N–H and O–H groups in total. The van der Waals surface area contributed by atoms with Crippen LogP contribution in [-0.2, 0) is 16.1 Å². The molecule has 2 aromatic rings. The summed E-state index contributed by atoms with van der Waals surface area (Å²) in [5, 5.41) is 1.32. The molecule has 24 heavy (non-hydrogen) atoms. The fourth-order valence-electron chi connectivity index (χ4n) is 3.58. The van der Waals surface area contributed by atoms with Crippen LogP contribution in [0.5, 0.6) is 5.75 Å². The van der Waals surface area contributed by atoms with Crippen LogP contribution < -0.4 is 4.74 Å². The molecule has 0 aliphatic heterocycles. The minimum absolute atomic E-state index is 0.0207. The minimum atomic E-state index is -0.223. The SMILES string of the molecule is COc1cccc2c1CC(c1ccccc1)CC2C(=O)N(C)OC. The number of benzene rings is 2. The second-order valence-electron chi connectivity index (χ2n) is 6.15. The Morgan fingerprint density at radius 1 is 1.08 bits per heavy atom. The zero-order valence-corrected chi connectivity index (χ0v) is 14.4. The van der Waals surface area contributed by atoms with E-state index in [0.29, 0.717) is 0 Å². The molecule has 2 unspecified atom stereocenters. The number of hydrogen-bond donors (Lipinski definition) is 0. The largest absolute Gasteiger partial charge is 0.496 e. The molecule has 4 nitrogen and oxygen atoms in total. The first kappa shape index (κ1) is 16.5. The standard InChI is InChI=1S/C20H23NO3/c1-21(24-3)20(22)18-13-15(14-8-5-4-6-9-14)12-17-16(18)10-7-11-19(17)23-2/h4-11,15,18H,12-13H2,1-3H3. The molecule has 0 saturated carbocycles. The van der Waals surface area contributed by atoms with Crippen molar-refractivity contribution < 1.29 is 14.4 Å². The van der Waals surface area contributed by atoms with Crippen LogP contribution in [0.2, 0.25) is 0 Å². The van der Waals surface area contributed by atoms with Gasteiger partial charge in [0.1, 0.15) is 5.75 Å². The van der Waals surface area contributed by atoms with E-state index in [2.05, 4.69) is 12.1 Å². The Bertz CT molecular complexity index is 714. The lowest BCUT2D eigenvalue weighted by Crippen LogP contribution is -2.34. The Morgan fingerprint density at radius 3 is 2.50 bits per heavy atom. The molecule has 1 aliphatic carbocycles. The average molecular weight is 325 g/mol. The van der Waals surface area contributed by atoms with Gasteiger partial charge in [-0.3, -0.25) is 9.63 Å². The second-order valence-corrected chi connectivity index (χ2v) is 6.15. The third-order valence-corrected chi connectivity index (χ3v) is 4.89. The molecule has 0 saturated heterocycles. The number of carbonyl (C=O) groups excluding carboxylic acids is 1. The fourth-order valence-corrected chi connectivity index (χ4v) is 3.58. The van der Waals surface area contributed by atoms with E-state index >= 15 is 0 Å². The van der Waals surface area contributed by atoms with Crippen molar-refractivity contribution in [2.75, 3.05) is 21.3 Å². The van der Waals surface area contributed by atoms with Crippen LogP contribution in [-0.4, -0.2) is 32.2 Å². The first-order valence-corrected chi connectivity index (χ1v) is 8.18. The molecule has 1 amide bonds. The van der Waals surface area contributed by atoms with Crippen molar-refractivity contribution in [2.45, 2.75) is 24.7 Å². The summed E-state index contributed by atoms with van der Waals surface area (Å²) in [7, 11) is 4.86. The average Bonchev–Trinajstić information content (AvgIpc) is 2.66. The third-order valence-electron chi connectivity index (χ3n) is 4.89. The molecule has 0 aromatic heterocycles. The third kappa shape index (κ3) is 3.02. The van der Waals surface area contributed by atoms with Crippen LogP contribution in [0.3, 0.4) is 0 Å². The lowest BCUT2D eigenvalue weighted by molar-refractivity contribution is -0.170. The topological polar surface area (TPSA) is 38.8 Å². The van der Waals surface area contributed by atoms with Gasteiger partial charge in [-0.2, -0.15) is 0 Å².